The number of benzene rings is 9. The maximum atomic E-state index is 6.88. The van der Waals surface area contributed by atoms with Crippen molar-refractivity contribution in [1.29, 1.82) is 0 Å². The van der Waals surface area contributed by atoms with Gasteiger partial charge in [0.05, 0.1) is 27.8 Å². The normalized spacial score (nSPS) is 12.8. The van der Waals surface area contributed by atoms with Crippen molar-refractivity contribution in [2.45, 2.75) is 26.2 Å². The highest BCUT2D eigenvalue weighted by atomic mass is 16.5. The van der Waals surface area contributed by atoms with Gasteiger partial charge in [-0.05, 0) is 98.5 Å². The maximum Gasteiger partial charge on any atom is 0.525 e. The van der Waals surface area contributed by atoms with Crippen LogP contribution >= 0.6 is 0 Å². The molecular weight excluding hydrogens is 866 g/mol. The van der Waals surface area contributed by atoms with Gasteiger partial charge in [0.2, 0.25) is 6.33 Å². The first kappa shape index (κ1) is 41.1. The molecule has 12 aromatic rings. The Morgan fingerprint density at radius 1 is 0.479 bits per heavy atom. The molecule has 3 aromatic heterocycles. The van der Waals surface area contributed by atoms with Crippen molar-refractivity contribution in [3.63, 3.8) is 0 Å². The van der Waals surface area contributed by atoms with Crippen LogP contribution in [0.15, 0.2) is 224 Å². The van der Waals surface area contributed by atoms with Gasteiger partial charge in [0.1, 0.15) is 23.1 Å². The number of nitrogens with zero attached hydrogens (tertiary/aromatic N) is 5. The number of pyridine rings is 1. The topological polar surface area (TPSA) is 39.1 Å². The first-order chi connectivity index (χ1) is 34.9. The third-order valence-electron chi connectivity index (χ3n) is 14.5. The molecule has 0 N–H and O–H groups in total. The molecule has 0 unspecified atom stereocenters. The number of hydrogen-bond donors (Lipinski definition) is 0. The molecule has 9 aromatic carbocycles. The number of para-hydroxylation sites is 3. The van der Waals surface area contributed by atoms with Gasteiger partial charge in [0.25, 0.3) is 0 Å². The van der Waals surface area contributed by atoms with Crippen molar-refractivity contribution in [2.75, 3.05) is 4.81 Å². The van der Waals surface area contributed by atoms with Crippen LogP contribution in [-0.4, -0.2) is 21.1 Å². The summed E-state index contributed by atoms with van der Waals surface area (Å²) in [7, 11) is 0. The summed E-state index contributed by atoms with van der Waals surface area (Å²) in [4.78, 5) is 8.48. The fourth-order valence-corrected chi connectivity index (χ4v) is 11.2. The van der Waals surface area contributed by atoms with E-state index >= 15 is 0 Å². The van der Waals surface area contributed by atoms with Crippen LogP contribution in [0.3, 0.4) is 0 Å². The van der Waals surface area contributed by atoms with Gasteiger partial charge in [-0.25, -0.2) is 4.98 Å². The Balaban J connectivity index is 1.22. The van der Waals surface area contributed by atoms with E-state index in [0.717, 1.165) is 112 Å². The minimum Gasteiger partial charge on any atom is -0.458 e. The monoisotopic (exact) mass is 911 g/mol. The Morgan fingerprint density at radius 2 is 1.07 bits per heavy atom. The quantitative estimate of drug-likeness (QED) is 0.128. The Labute approximate surface area is 413 Å². The lowest BCUT2D eigenvalue weighted by Gasteiger charge is -2.34. The standard InChI is InChI=1S/C64H46BN5O/c1-64(2,3)43-37-61-66-62(38-43)70(58-33-16-12-23-47(58)42-19-5-4-6-20-42)65-56-31-14-11-28-52(56)50-26-9-7-24-48(50)49-25-8-10-27-51(49)55-30-18-34-59-63(55)68(65)41-67(59)44-21-17-22-45(39-44)71-46-35-36-54-53-29-13-15-32-57(53)69(61)60(54)40-46/h4-40H,1-3H3. The zero-order chi connectivity index (χ0) is 47.4. The van der Waals surface area contributed by atoms with Gasteiger partial charge in [0, 0.05) is 33.6 Å². The van der Waals surface area contributed by atoms with Crippen molar-refractivity contribution >= 4 is 56.8 Å². The van der Waals surface area contributed by atoms with Gasteiger partial charge >= 0.3 is 6.98 Å². The highest BCUT2D eigenvalue weighted by Crippen LogP contribution is 2.44. The molecule has 0 radical (unpaired) electrons. The third kappa shape index (κ3) is 6.50. The number of imidazole rings is 1. The van der Waals surface area contributed by atoms with E-state index in [4.69, 9.17) is 9.72 Å². The average Bonchev–Trinajstić information content (AvgIpc) is 3.96. The Bertz CT molecular complexity index is 4110. The second-order valence-corrected chi connectivity index (χ2v) is 19.7. The SMILES string of the molecule is CC(C)(C)c1cc2nc(c1)-n1c3ccccc3c3ccc(cc31)Oc1cccc(c1)-n1[c-][n+]3c4c(cccc41)-c1ccccc1-c1ccccc1-c1ccccc1B3N2c1ccccc1-c1ccccc1. The number of hydrogen-bond acceptors (Lipinski definition) is 3. The molecule has 336 valence electrons. The molecule has 0 atom stereocenters. The van der Waals surface area contributed by atoms with Crippen LogP contribution in [0.1, 0.15) is 26.3 Å². The summed E-state index contributed by atoms with van der Waals surface area (Å²) in [5.74, 6) is 3.08. The van der Waals surface area contributed by atoms with Crippen molar-refractivity contribution in [3.8, 4) is 67.5 Å². The lowest BCUT2D eigenvalue weighted by molar-refractivity contribution is -0.511. The zero-order valence-electron chi connectivity index (χ0n) is 39.6. The predicted molar refractivity (Wildman–Crippen MR) is 291 cm³/mol. The van der Waals surface area contributed by atoms with Crippen LogP contribution < -0.4 is 19.5 Å². The fourth-order valence-electron chi connectivity index (χ4n) is 11.2. The molecule has 71 heavy (non-hydrogen) atoms. The van der Waals surface area contributed by atoms with Gasteiger partial charge in [-0.15, -0.1) is 0 Å². The van der Waals surface area contributed by atoms with Crippen LogP contribution in [0.4, 0.5) is 11.5 Å². The molecule has 6 nitrogen and oxygen atoms in total. The van der Waals surface area contributed by atoms with Crippen molar-refractivity contribution in [1.82, 2.24) is 14.1 Å². The summed E-state index contributed by atoms with van der Waals surface area (Å²) >= 11 is 0. The van der Waals surface area contributed by atoms with Crippen LogP contribution in [-0.2, 0) is 5.41 Å². The Hall–Kier alpha value is -8.94. The van der Waals surface area contributed by atoms with Crippen molar-refractivity contribution in [3.05, 3.63) is 236 Å². The Morgan fingerprint density at radius 3 is 1.86 bits per heavy atom. The summed E-state index contributed by atoms with van der Waals surface area (Å²) in [5, 5.41) is 2.27. The van der Waals surface area contributed by atoms with Gasteiger partial charge < -0.3 is 18.6 Å². The number of rotatable bonds is 2. The molecule has 0 aliphatic carbocycles. The second-order valence-electron chi connectivity index (χ2n) is 19.7. The molecule has 14 rings (SSSR count). The summed E-state index contributed by atoms with van der Waals surface area (Å²) in [6, 6.07) is 81.1. The molecule has 0 saturated heterocycles. The van der Waals surface area contributed by atoms with Crippen LogP contribution in [0.5, 0.6) is 11.5 Å². The smallest absolute Gasteiger partial charge is 0.458 e. The number of anilines is 2. The first-order valence-electron chi connectivity index (χ1n) is 24.4. The van der Waals surface area contributed by atoms with Crippen molar-refractivity contribution in [2.24, 2.45) is 0 Å². The summed E-state index contributed by atoms with van der Waals surface area (Å²) in [6.45, 7) is 6.33. The number of fused-ring (bicyclic) bond motifs is 19. The van der Waals surface area contributed by atoms with Gasteiger partial charge in [0.15, 0.2) is 0 Å². The molecule has 0 amide bonds. The van der Waals surface area contributed by atoms with E-state index in [9.17, 15) is 0 Å². The zero-order valence-corrected chi connectivity index (χ0v) is 39.6. The molecule has 5 heterocycles. The minimum absolute atomic E-state index is 0.271. The van der Waals surface area contributed by atoms with E-state index < -0.39 is 6.98 Å². The van der Waals surface area contributed by atoms with E-state index in [-0.39, 0.29) is 5.41 Å². The lowest BCUT2D eigenvalue weighted by atomic mass is 9.61. The summed E-state index contributed by atoms with van der Waals surface area (Å²) in [6.07, 6.45) is 4.09. The fraction of sp³-hybridized carbons (Fsp3) is 0.0625. The molecule has 2 aliphatic rings. The van der Waals surface area contributed by atoms with E-state index in [1.165, 1.54) is 11.1 Å². The van der Waals surface area contributed by atoms with Gasteiger partial charge in [-0.3, -0.25) is 4.57 Å². The molecule has 0 saturated carbocycles. The number of aromatic nitrogens is 4. The molecular formula is C64H46BN5O. The third-order valence-corrected chi connectivity index (χ3v) is 14.5. The van der Waals surface area contributed by atoms with E-state index in [1.807, 2.05) is 6.07 Å². The van der Waals surface area contributed by atoms with Crippen LogP contribution in [0.25, 0.3) is 88.9 Å². The van der Waals surface area contributed by atoms with Crippen LogP contribution in [0.2, 0.25) is 0 Å². The van der Waals surface area contributed by atoms with E-state index in [2.05, 4.69) is 264 Å². The van der Waals surface area contributed by atoms with Gasteiger partial charge in [-0.2, -0.15) is 0 Å². The lowest BCUT2D eigenvalue weighted by Crippen LogP contribution is -2.68. The Kier molecular flexibility index (Phi) is 9.14. The predicted octanol–water partition coefficient (Wildman–Crippen LogP) is 14.7. The first-order valence-corrected chi connectivity index (χ1v) is 24.4. The minimum atomic E-state index is -0.563. The van der Waals surface area contributed by atoms with Gasteiger partial charge in [-0.1, -0.05) is 191 Å². The van der Waals surface area contributed by atoms with Crippen LogP contribution in [0, 0.1) is 6.33 Å². The molecule has 7 heteroatoms. The number of ether oxygens (including phenoxy) is 1. The average molecular weight is 912 g/mol. The highest BCUT2D eigenvalue weighted by molar-refractivity contribution is 6.72. The summed E-state index contributed by atoms with van der Waals surface area (Å²) < 4.78 is 13.8. The summed E-state index contributed by atoms with van der Waals surface area (Å²) in [5.41, 5.74) is 17.1. The van der Waals surface area contributed by atoms with E-state index in [0.29, 0.717) is 0 Å². The largest absolute Gasteiger partial charge is 0.525 e. The highest BCUT2D eigenvalue weighted by Gasteiger charge is 2.42. The maximum absolute atomic E-state index is 6.88. The molecule has 8 bridgehead atoms. The molecule has 0 spiro atoms. The van der Waals surface area contributed by atoms with Crippen molar-refractivity contribution < 1.29 is 9.21 Å². The molecule has 0 fully saturated rings. The molecule has 2 aliphatic heterocycles. The van der Waals surface area contributed by atoms with E-state index in [1.54, 1.807) is 0 Å². The second kappa shape index (κ2) is 15.8.